The number of allylic oxidation sites excluding steroid dienone is 2. The van der Waals surface area contributed by atoms with E-state index in [0.29, 0.717) is 0 Å². The van der Waals surface area contributed by atoms with Crippen molar-refractivity contribution in [1.29, 1.82) is 0 Å². The van der Waals surface area contributed by atoms with Crippen molar-refractivity contribution in [2.75, 3.05) is 0 Å². The average Bonchev–Trinajstić information content (AvgIpc) is 1.84. The van der Waals surface area contributed by atoms with Crippen LogP contribution in [0.3, 0.4) is 0 Å². The molecule has 0 heterocycles. The molecule has 8 heavy (non-hydrogen) atoms. The molecule has 0 fully saturated rings. The van der Waals surface area contributed by atoms with Gasteiger partial charge in [-0.25, -0.2) is 0 Å². The third-order valence-electron chi connectivity index (χ3n) is 1.01. The Morgan fingerprint density at radius 1 is 1.62 bits per heavy atom. The minimum atomic E-state index is 0.885. The fourth-order valence-corrected chi connectivity index (χ4v) is 0.620. The smallest absolute Gasteiger partial charge is 0.0184 e. The van der Waals surface area contributed by atoms with Crippen LogP contribution in [0.1, 0.15) is 20.3 Å². The van der Waals surface area contributed by atoms with Crippen LogP contribution in [0, 0.1) is 0 Å². The highest BCUT2D eigenvalue weighted by Crippen LogP contribution is 2.10. The Bertz CT molecular complexity index is 86.6. The van der Waals surface area contributed by atoms with E-state index in [1.165, 1.54) is 11.9 Å². The average molecular weight is 132 g/mol. The SMILES string of the molecule is CC/C(N)=C(\C)SN. The molecule has 0 atom stereocenters. The summed E-state index contributed by atoms with van der Waals surface area (Å²) in [6.45, 7) is 3.93. The van der Waals surface area contributed by atoms with E-state index in [2.05, 4.69) is 0 Å². The highest BCUT2D eigenvalue weighted by molar-refractivity contribution is 8.00. The summed E-state index contributed by atoms with van der Waals surface area (Å²) < 4.78 is 0. The zero-order valence-electron chi connectivity index (χ0n) is 5.27. The van der Waals surface area contributed by atoms with Crippen LogP contribution in [0.4, 0.5) is 0 Å². The summed E-state index contributed by atoms with van der Waals surface area (Å²) in [6, 6.07) is 0. The van der Waals surface area contributed by atoms with Crippen molar-refractivity contribution in [2.24, 2.45) is 10.9 Å². The van der Waals surface area contributed by atoms with Gasteiger partial charge < -0.3 is 5.73 Å². The second-order valence-corrected chi connectivity index (χ2v) is 2.40. The summed E-state index contributed by atoms with van der Waals surface area (Å²) >= 11 is 1.21. The van der Waals surface area contributed by atoms with Crippen LogP contribution in [0.5, 0.6) is 0 Å². The van der Waals surface area contributed by atoms with Crippen LogP contribution in [0.25, 0.3) is 0 Å². The van der Waals surface area contributed by atoms with E-state index < -0.39 is 0 Å². The summed E-state index contributed by atoms with van der Waals surface area (Å²) in [5, 5.41) is 5.23. The summed E-state index contributed by atoms with van der Waals surface area (Å²) in [6.07, 6.45) is 0.885. The van der Waals surface area contributed by atoms with Gasteiger partial charge in [0.25, 0.3) is 0 Å². The van der Waals surface area contributed by atoms with Crippen LogP contribution in [0.2, 0.25) is 0 Å². The van der Waals surface area contributed by atoms with Crippen LogP contribution in [0.15, 0.2) is 10.6 Å². The predicted molar refractivity (Wildman–Crippen MR) is 39.0 cm³/mol. The van der Waals surface area contributed by atoms with Crippen LogP contribution in [-0.2, 0) is 0 Å². The molecule has 2 nitrogen and oxygen atoms in total. The van der Waals surface area contributed by atoms with E-state index in [4.69, 9.17) is 10.9 Å². The first-order valence-corrected chi connectivity index (χ1v) is 3.42. The van der Waals surface area contributed by atoms with Gasteiger partial charge in [-0.15, -0.1) is 0 Å². The number of rotatable bonds is 2. The summed E-state index contributed by atoms with van der Waals surface area (Å²) in [5.41, 5.74) is 6.39. The molecule has 0 aromatic rings. The molecule has 0 aliphatic rings. The molecule has 0 aliphatic carbocycles. The molecule has 0 amide bonds. The summed E-state index contributed by atoms with van der Waals surface area (Å²) in [5.74, 6) is 0. The molecule has 0 saturated heterocycles. The molecular weight excluding hydrogens is 120 g/mol. The predicted octanol–water partition coefficient (Wildman–Crippen LogP) is 1.19. The van der Waals surface area contributed by atoms with Crippen molar-refractivity contribution < 1.29 is 0 Å². The van der Waals surface area contributed by atoms with Gasteiger partial charge in [-0.2, -0.15) is 0 Å². The van der Waals surface area contributed by atoms with E-state index >= 15 is 0 Å². The molecule has 0 rings (SSSR count). The molecule has 0 radical (unpaired) electrons. The highest BCUT2D eigenvalue weighted by atomic mass is 32.2. The molecule has 4 N–H and O–H groups in total. The Balaban J connectivity index is 3.83. The van der Waals surface area contributed by atoms with Crippen LogP contribution >= 0.6 is 11.9 Å². The normalized spacial score (nSPS) is 13.4. The fourth-order valence-electron chi connectivity index (χ4n) is 0.325. The number of hydrogen-bond acceptors (Lipinski definition) is 3. The lowest BCUT2D eigenvalue weighted by Crippen LogP contribution is -1.98. The van der Waals surface area contributed by atoms with Crippen molar-refractivity contribution >= 4 is 11.9 Å². The second kappa shape index (κ2) is 3.80. The largest absolute Gasteiger partial charge is 0.401 e. The topological polar surface area (TPSA) is 52.0 Å². The Morgan fingerprint density at radius 3 is 2.25 bits per heavy atom. The van der Waals surface area contributed by atoms with Crippen molar-refractivity contribution in [3.63, 3.8) is 0 Å². The summed E-state index contributed by atoms with van der Waals surface area (Å²) in [7, 11) is 0. The molecular formula is C5H12N2S. The monoisotopic (exact) mass is 132 g/mol. The minimum absolute atomic E-state index is 0.885. The van der Waals surface area contributed by atoms with Gasteiger partial charge in [-0.1, -0.05) is 18.9 Å². The Hall–Kier alpha value is -0.150. The minimum Gasteiger partial charge on any atom is -0.401 e. The van der Waals surface area contributed by atoms with E-state index in [0.717, 1.165) is 17.0 Å². The quantitative estimate of drug-likeness (QED) is 0.555. The highest BCUT2D eigenvalue weighted by Gasteiger charge is 1.90. The van der Waals surface area contributed by atoms with E-state index in [1.54, 1.807) is 0 Å². The lowest BCUT2D eigenvalue weighted by molar-refractivity contribution is 1.05. The Kier molecular flexibility index (Phi) is 3.73. The Labute approximate surface area is 54.4 Å². The van der Waals surface area contributed by atoms with Gasteiger partial charge in [-0.05, 0) is 13.3 Å². The fraction of sp³-hybridized carbons (Fsp3) is 0.600. The molecule has 0 aromatic carbocycles. The van der Waals surface area contributed by atoms with Crippen LogP contribution < -0.4 is 10.9 Å². The number of nitrogens with two attached hydrogens (primary N) is 2. The molecule has 0 aliphatic heterocycles. The van der Waals surface area contributed by atoms with Crippen molar-refractivity contribution in [3.05, 3.63) is 10.6 Å². The summed E-state index contributed by atoms with van der Waals surface area (Å²) in [4.78, 5) is 1.02. The first-order chi connectivity index (χ1) is 3.72. The zero-order valence-corrected chi connectivity index (χ0v) is 6.09. The molecule has 0 saturated carbocycles. The molecule has 3 heteroatoms. The first kappa shape index (κ1) is 7.85. The Morgan fingerprint density at radius 2 is 2.12 bits per heavy atom. The third kappa shape index (κ3) is 2.23. The molecule has 0 bridgehead atoms. The standard InChI is InChI=1S/C5H12N2S/c1-3-5(6)4(2)8-7/h3,6-7H2,1-2H3/b5-4-. The maximum absolute atomic E-state index is 5.51. The van der Waals surface area contributed by atoms with Gasteiger partial charge in [-0.3, -0.25) is 5.14 Å². The van der Waals surface area contributed by atoms with Gasteiger partial charge in [0.05, 0.1) is 0 Å². The van der Waals surface area contributed by atoms with Gasteiger partial charge in [0.15, 0.2) is 0 Å². The molecule has 48 valence electrons. The van der Waals surface area contributed by atoms with E-state index in [1.807, 2.05) is 13.8 Å². The van der Waals surface area contributed by atoms with Crippen molar-refractivity contribution in [1.82, 2.24) is 0 Å². The van der Waals surface area contributed by atoms with E-state index in [-0.39, 0.29) is 0 Å². The first-order valence-electron chi connectivity index (χ1n) is 2.54. The zero-order chi connectivity index (χ0) is 6.57. The molecule has 0 aromatic heterocycles. The van der Waals surface area contributed by atoms with Gasteiger partial charge >= 0.3 is 0 Å². The third-order valence-corrected chi connectivity index (χ3v) is 1.63. The molecule has 0 unspecified atom stereocenters. The van der Waals surface area contributed by atoms with Gasteiger partial charge in [0, 0.05) is 10.6 Å². The lowest BCUT2D eigenvalue weighted by Gasteiger charge is -1.98. The maximum atomic E-state index is 5.51. The number of hydrogen-bond donors (Lipinski definition) is 2. The molecule has 0 spiro atoms. The van der Waals surface area contributed by atoms with Crippen molar-refractivity contribution in [2.45, 2.75) is 20.3 Å². The lowest BCUT2D eigenvalue weighted by atomic mass is 10.3. The van der Waals surface area contributed by atoms with Gasteiger partial charge in [0.1, 0.15) is 0 Å². The van der Waals surface area contributed by atoms with E-state index in [9.17, 15) is 0 Å². The van der Waals surface area contributed by atoms with Crippen molar-refractivity contribution in [3.8, 4) is 0 Å². The van der Waals surface area contributed by atoms with Crippen LogP contribution in [-0.4, -0.2) is 0 Å². The maximum Gasteiger partial charge on any atom is 0.0184 e. The van der Waals surface area contributed by atoms with Gasteiger partial charge in [0.2, 0.25) is 0 Å². The second-order valence-electron chi connectivity index (χ2n) is 1.55.